The molecule has 4 heteroatoms. The van der Waals surface area contributed by atoms with Crippen LogP contribution in [0, 0.1) is 5.92 Å². The Morgan fingerprint density at radius 3 is 3.07 bits per heavy atom. The van der Waals surface area contributed by atoms with Gasteiger partial charge < -0.3 is 10.2 Å². The van der Waals surface area contributed by atoms with Gasteiger partial charge in [-0.1, -0.05) is 18.9 Å². The average molecular weight is 193 g/mol. The lowest BCUT2D eigenvalue weighted by Crippen LogP contribution is -2.09. The Morgan fingerprint density at radius 1 is 1.50 bits per heavy atom. The van der Waals surface area contributed by atoms with Crippen LogP contribution in [0.5, 0.6) is 5.88 Å². The molecule has 1 aliphatic rings. The topological polar surface area (TPSA) is 60.2 Å². The first kappa shape index (κ1) is 9.27. The highest BCUT2D eigenvalue weighted by atomic mass is 16.5. The second-order valence-corrected chi connectivity index (χ2v) is 3.59. The number of nitrogens with zero attached hydrogens (tertiary/aromatic N) is 1. The molecule has 4 nitrogen and oxygen atoms in total. The van der Waals surface area contributed by atoms with Crippen LogP contribution in [0.4, 0.5) is 5.82 Å². The Morgan fingerprint density at radius 2 is 2.36 bits per heavy atom. The third-order valence-electron chi connectivity index (χ3n) is 2.34. The Bertz CT molecular complexity index is 299. The fraction of sp³-hybridized carbons (Fsp3) is 0.500. The van der Waals surface area contributed by atoms with E-state index in [4.69, 9.17) is 10.6 Å². The van der Waals surface area contributed by atoms with E-state index in [1.165, 1.54) is 12.8 Å². The van der Waals surface area contributed by atoms with Gasteiger partial charge in [0.15, 0.2) is 0 Å². The normalized spacial score (nSPS) is 15.2. The molecule has 0 amide bonds. The van der Waals surface area contributed by atoms with E-state index in [2.05, 4.69) is 10.4 Å². The largest absolute Gasteiger partial charge is 0.478 e. The lowest BCUT2D eigenvalue weighted by atomic mass is 10.3. The van der Waals surface area contributed by atoms with Crippen LogP contribution in [0.3, 0.4) is 0 Å². The van der Waals surface area contributed by atoms with Crippen molar-refractivity contribution in [3.05, 3.63) is 18.2 Å². The van der Waals surface area contributed by atoms with Crippen LogP contribution in [-0.4, -0.2) is 11.6 Å². The zero-order valence-corrected chi connectivity index (χ0v) is 8.07. The first-order valence-corrected chi connectivity index (χ1v) is 4.95. The predicted octanol–water partition coefficient (Wildman–Crippen LogP) is 1.55. The summed E-state index contributed by atoms with van der Waals surface area (Å²) in [4.78, 5) is 4.15. The Balaban J connectivity index is 1.81. The number of nitrogens with two attached hydrogens (primary N) is 1. The van der Waals surface area contributed by atoms with Crippen LogP contribution >= 0.6 is 0 Å². The highest BCUT2D eigenvalue weighted by Crippen LogP contribution is 2.32. The van der Waals surface area contributed by atoms with Crippen molar-refractivity contribution >= 4 is 5.82 Å². The minimum Gasteiger partial charge on any atom is -0.478 e. The number of ether oxygens (including phenoxy) is 1. The average Bonchev–Trinajstić information content (AvgIpc) is 3.02. The highest BCUT2D eigenvalue weighted by molar-refractivity contribution is 5.35. The van der Waals surface area contributed by atoms with Gasteiger partial charge >= 0.3 is 0 Å². The molecule has 3 N–H and O–H groups in total. The number of anilines is 1. The summed E-state index contributed by atoms with van der Waals surface area (Å²) >= 11 is 0. The van der Waals surface area contributed by atoms with E-state index in [1.54, 1.807) is 6.07 Å². The summed E-state index contributed by atoms with van der Waals surface area (Å²) in [6.45, 7) is 0.756. The fourth-order valence-electron chi connectivity index (χ4n) is 1.31. The van der Waals surface area contributed by atoms with Crippen molar-refractivity contribution in [3.8, 4) is 5.88 Å². The van der Waals surface area contributed by atoms with Crippen molar-refractivity contribution in [2.24, 2.45) is 11.8 Å². The molecule has 1 saturated carbocycles. The van der Waals surface area contributed by atoms with E-state index in [0.717, 1.165) is 18.9 Å². The Labute approximate surface area is 83.4 Å². The third kappa shape index (κ3) is 2.60. The van der Waals surface area contributed by atoms with E-state index in [9.17, 15) is 0 Å². The van der Waals surface area contributed by atoms with Gasteiger partial charge in [0, 0.05) is 6.07 Å². The van der Waals surface area contributed by atoms with E-state index in [-0.39, 0.29) is 0 Å². The molecule has 0 spiro atoms. The van der Waals surface area contributed by atoms with Crippen molar-refractivity contribution in [1.29, 1.82) is 0 Å². The second-order valence-electron chi connectivity index (χ2n) is 3.59. The summed E-state index contributed by atoms with van der Waals surface area (Å²) < 4.78 is 5.49. The predicted molar refractivity (Wildman–Crippen MR) is 54.9 cm³/mol. The summed E-state index contributed by atoms with van der Waals surface area (Å²) in [6.07, 6.45) is 3.87. The molecule has 2 rings (SSSR count). The van der Waals surface area contributed by atoms with E-state index in [0.29, 0.717) is 11.7 Å². The number of nitrogen functional groups attached to an aromatic ring is 1. The Kier molecular flexibility index (Phi) is 2.84. The van der Waals surface area contributed by atoms with Crippen LogP contribution in [0.15, 0.2) is 18.2 Å². The number of rotatable bonds is 5. The molecule has 14 heavy (non-hydrogen) atoms. The van der Waals surface area contributed by atoms with Gasteiger partial charge in [-0.3, -0.25) is 0 Å². The monoisotopic (exact) mass is 193 g/mol. The molecule has 0 bridgehead atoms. The number of hydrogen-bond donors (Lipinski definition) is 2. The number of aromatic nitrogens is 1. The molecular formula is C10H15N3O. The van der Waals surface area contributed by atoms with Gasteiger partial charge in [-0.05, 0) is 18.4 Å². The molecule has 1 heterocycles. The quantitative estimate of drug-likeness (QED) is 0.550. The first-order valence-electron chi connectivity index (χ1n) is 4.95. The molecule has 0 saturated heterocycles. The second kappa shape index (κ2) is 4.28. The molecule has 1 aromatic rings. The van der Waals surface area contributed by atoms with Crippen molar-refractivity contribution in [2.75, 3.05) is 12.0 Å². The van der Waals surface area contributed by atoms with Crippen molar-refractivity contribution in [3.63, 3.8) is 0 Å². The summed E-state index contributed by atoms with van der Waals surface area (Å²) in [5.41, 5.74) is 2.49. The van der Waals surface area contributed by atoms with Crippen molar-refractivity contribution in [1.82, 2.24) is 4.98 Å². The summed E-state index contributed by atoms with van der Waals surface area (Å²) in [5, 5.41) is 0. The molecule has 1 fully saturated rings. The zero-order chi connectivity index (χ0) is 9.80. The minimum absolute atomic E-state index is 0.633. The van der Waals surface area contributed by atoms with Crippen LogP contribution in [0.1, 0.15) is 19.3 Å². The Hall–Kier alpha value is -1.29. The van der Waals surface area contributed by atoms with Crippen LogP contribution in [-0.2, 0) is 0 Å². The van der Waals surface area contributed by atoms with Crippen molar-refractivity contribution in [2.45, 2.75) is 19.3 Å². The highest BCUT2D eigenvalue weighted by Gasteiger charge is 2.20. The van der Waals surface area contributed by atoms with E-state index >= 15 is 0 Å². The maximum Gasteiger partial charge on any atom is 0.215 e. The number of pyridine rings is 1. The van der Waals surface area contributed by atoms with Crippen LogP contribution in [0.2, 0.25) is 0 Å². The summed E-state index contributed by atoms with van der Waals surface area (Å²) in [5.74, 6) is 7.40. The minimum atomic E-state index is 0.633. The van der Waals surface area contributed by atoms with Gasteiger partial charge in [-0.2, -0.15) is 4.98 Å². The molecule has 76 valence electrons. The molecule has 0 radical (unpaired) electrons. The van der Waals surface area contributed by atoms with E-state index in [1.807, 2.05) is 12.1 Å². The standard InChI is InChI=1S/C10H15N3O/c11-13-9-2-1-3-10(12-9)14-7-6-8-4-5-8/h1-3,8H,4-7,11H2,(H,12,13). The van der Waals surface area contributed by atoms with Gasteiger partial charge in [0.1, 0.15) is 5.82 Å². The first-order chi connectivity index (χ1) is 6.88. The maximum atomic E-state index is 5.49. The zero-order valence-electron chi connectivity index (χ0n) is 8.07. The molecule has 1 aliphatic carbocycles. The smallest absolute Gasteiger partial charge is 0.215 e. The van der Waals surface area contributed by atoms with Crippen LogP contribution in [0.25, 0.3) is 0 Å². The number of hydrazine groups is 1. The van der Waals surface area contributed by atoms with Gasteiger partial charge in [0.2, 0.25) is 5.88 Å². The van der Waals surface area contributed by atoms with Gasteiger partial charge in [-0.15, -0.1) is 0 Å². The number of nitrogens with one attached hydrogen (secondary N) is 1. The summed E-state index contributed by atoms with van der Waals surface area (Å²) in [7, 11) is 0. The SMILES string of the molecule is NNc1cccc(OCCC2CC2)n1. The third-order valence-corrected chi connectivity index (χ3v) is 2.34. The van der Waals surface area contributed by atoms with Gasteiger partial charge in [0.05, 0.1) is 6.61 Å². The van der Waals surface area contributed by atoms with Gasteiger partial charge in [0.25, 0.3) is 0 Å². The lowest BCUT2D eigenvalue weighted by molar-refractivity contribution is 0.292. The number of hydrogen-bond acceptors (Lipinski definition) is 4. The molecule has 0 atom stereocenters. The van der Waals surface area contributed by atoms with Gasteiger partial charge in [-0.25, -0.2) is 5.84 Å². The molecule has 1 aromatic heterocycles. The molecule has 0 unspecified atom stereocenters. The summed E-state index contributed by atoms with van der Waals surface area (Å²) in [6, 6.07) is 5.51. The molecule has 0 aromatic carbocycles. The fourth-order valence-corrected chi connectivity index (χ4v) is 1.31. The van der Waals surface area contributed by atoms with E-state index < -0.39 is 0 Å². The molecular weight excluding hydrogens is 178 g/mol. The molecule has 0 aliphatic heterocycles. The van der Waals surface area contributed by atoms with Crippen LogP contribution < -0.4 is 16.0 Å². The van der Waals surface area contributed by atoms with Crippen molar-refractivity contribution < 1.29 is 4.74 Å². The maximum absolute atomic E-state index is 5.49. The lowest BCUT2D eigenvalue weighted by Gasteiger charge is -2.05.